The van der Waals surface area contributed by atoms with Crippen LogP contribution >= 0.6 is 0 Å². The van der Waals surface area contributed by atoms with E-state index in [2.05, 4.69) is 33.9 Å². The predicted octanol–water partition coefficient (Wildman–Crippen LogP) is 4.21. The molecule has 0 amide bonds. The van der Waals surface area contributed by atoms with Gasteiger partial charge in [-0.15, -0.1) is 0 Å². The van der Waals surface area contributed by atoms with Gasteiger partial charge < -0.3 is 4.52 Å². The normalized spacial score (nSPS) is 10.7. The molecule has 2 aliphatic carbocycles. The van der Waals surface area contributed by atoms with Crippen LogP contribution in [0.1, 0.15) is 11.3 Å². The molecule has 0 aliphatic heterocycles. The van der Waals surface area contributed by atoms with Crippen molar-refractivity contribution in [3.8, 4) is 11.1 Å². The molecule has 4 heteroatoms. The minimum absolute atomic E-state index is 0.366. The first-order valence-corrected chi connectivity index (χ1v) is 6.15. The number of hydrogen-bond acceptors (Lipinski definition) is 2. The fourth-order valence-electron chi connectivity index (χ4n) is 1.91. The van der Waals surface area contributed by atoms with E-state index in [4.69, 9.17) is 0 Å². The molecule has 100 valence electrons. The van der Waals surface area contributed by atoms with Crippen LogP contribution in [-0.2, 0) is 6.42 Å². The zero-order chi connectivity index (χ0) is 13.9. The molecule has 0 bridgehead atoms. The summed E-state index contributed by atoms with van der Waals surface area (Å²) in [6, 6.07) is 13.5. The molecule has 2 aromatic rings. The maximum absolute atomic E-state index is 12.8. The average molecular weight is 271 g/mol. The molecule has 0 atom stereocenters. The summed E-state index contributed by atoms with van der Waals surface area (Å²) >= 11 is 0. The van der Waals surface area contributed by atoms with Crippen molar-refractivity contribution in [3.63, 3.8) is 0 Å². The Bertz CT molecular complexity index is 665. The van der Waals surface area contributed by atoms with Gasteiger partial charge in [0.25, 0.3) is 0 Å². The molecule has 1 aromatic heterocycles. The van der Waals surface area contributed by atoms with Gasteiger partial charge in [-0.05, 0) is 28.8 Å². The van der Waals surface area contributed by atoms with E-state index in [1.807, 2.05) is 0 Å². The van der Waals surface area contributed by atoms with E-state index in [0.717, 1.165) is 6.07 Å². The lowest BCUT2D eigenvalue weighted by molar-refractivity contribution is 0.413. The molecule has 2 aliphatic rings. The van der Waals surface area contributed by atoms with Gasteiger partial charge in [-0.1, -0.05) is 29.4 Å². The van der Waals surface area contributed by atoms with Gasteiger partial charge in [-0.3, -0.25) is 0 Å². The first-order valence-electron chi connectivity index (χ1n) is 6.15. The lowest BCUT2D eigenvalue weighted by atomic mass is 9.95. The number of rotatable bonds is 2. The van der Waals surface area contributed by atoms with E-state index in [1.54, 1.807) is 6.07 Å². The molecule has 0 saturated heterocycles. The number of benzene rings is 2. The highest BCUT2D eigenvalue weighted by atomic mass is 19.1. The van der Waals surface area contributed by atoms with Crippen molar-refractivity contribution < 1.29 is 13.3 Å². The van der Waals surface area contributed by atoms with E-state index >= 15 is 0 Å². The van der Waals surface area contributed by atoms with E-state index in [-0.39, 0.29) is 0 Å². The minimum atomic E-state index is -0.580. The van der Waals surface area contributed by atoms with Crippen molar-refractivity contribution in [1.82, 2.24) is 5.16 Å². The highest BCUT2D eigenvalue weighted by molar-refractivity contribution is 5.75. The number of hydrogen-bond donors (Lipinski definition) is 0. The summed E-state index contributed by atoms with van der Waals surface area (Å²) in [5.41, 5.74) is 4.04. The SMILES string of the molecule is Fc1cc(F)cc(Cc2ccon2)c1.c1cc2ccc1-2. The molecule has 0 saturated carbocycles. The van der Waals surface area contributed by atoms with Gasteiger partial charge in [0.2, 0.25) is 0 Å². The molecule has 0 radical (unpaired) electrons. The van der Waals surface area contributed by atoms with Crippen molar-refractivity contribution in [2.75, 3.05) is 0 Å². The molecule has 0 spiro atoms. The fraction of sp³-hybridized carbons (Fsp3) is 0.0625. The Morgan fingerprint density at radius 3 is 1.85 bits per heavy atom. The van der Waals surface area contributed by atoms with Gasteiger partial charge in [-0.25, -0.2) is 8.78 Å². The maximum atomic E-state index is 12.8. The molecule has 4 rings (SSSR count). The summed E-state index contributed by atoms with van der Waals surface area (Å²) in [5.74, 6) is -1.16. The zero-order valence-corrected chi connectivity index (χ0v) is 10.5. The van der Waals surface area contributed by atoms with Crippen LogP contribution in [0, 0.1) is 11.6 Å². The van der Waals surface area contributed by atoms with E-state index < -0.39 is 11.6 Å². The minimum Gasteiger partial charge on any atom is -0.365 e. The standard InChI is InChI=1S/C10H7F2NO.C6H4/c11-8-3-7(4-9(12)6-8)5-10-1-2-14-13-10;1-2-6-4-3-5(1)6/h1-4,6H,5H2;1-4H. The predicted molar refractivity (Wildman–Crippen MR) is 71.1 cm³/mol. The van der Waals surface area contributed by atoms with Gasteiger partial charge in [0, 0.05) is 18.6 Å². The second kappa shape index (κ2) is 5.25. The van der Waals surface area contributed by atoms with Crippen molar-refractivity contribution in [3.05, 3.63) is 77.7 Å². The molecule has 0 fully saturated rings. The Morgan fingerprint density at radius 1 is 0.850 bits per heavy atom. The van der Waals surface area contributed by atoms with E-state index in [9.17, 15) is 8.78 Å². The van der Waals surface area contributed by atoms with E-state index in [1.165, 1.54) is 29.5 Å². The average Bonchev–Trinajstić information content (AvgIpc) is 2.86. The summed E-state index contributed by atoms with van der Waals surface area (Å²) in [6.45, 7) is 0. The van der Waals surface area contributed by atoms with Gasteiger partial charge in [0.05, 0.1) is 5.69 Å². The molecule has 1 aromatic carbocycles. The zero-order valence-electron chi connectivity index (χ0n) is 10.5. The van der Waals surface area contributed by atoms with Crippen molar-refractivity contribution in [1.29, 1.82) is 0 Å². The lowest BCUT2D eigenvalue weighted by Crippen LogP contribution is -1.91. The summed E-state index contributed by atoms with van der Waals surface area (Å²) < 4.78 is 30.2. The van der Waals surface area contributed by atoms with Crippen LogP contribution in [0.3, 0.4) is 0 Å². The summed E-state index contributed by atoms with van der Waals surface area (Å²) in [5, 5.41) is 3.65. The maximum Gasteiger partial charge on any atom is 0.126 e. The third-order valence-electron chi connectivity index (χ3n) is 3.02. The Labute approximate surface area is 114 Å². The number of aromatic nitrogens is 1. The third kappa shape index (κ3) is 2.74. The van der Waals surface area contributed by atoms with Crippen LogP contribution in [-0.4, -0.2) is 5.16 Å². The van der Waals surface area contributed by atoms with Crippen LogP contribution < -0.4 is 0 Å². The van der Waals surface area contributed by atoms with Gasteiger partial charge in [0.15, 0.2) is 0 Å². The highest BCUT2D eigenvalue weighted by Crippen LogP contribution is 2.29. The Morgan fingerprint density at radius 2 is 1.45 bits per heavy atom. The molecule has 0 N–H and O–H groups in total. The smallest absolute Gasteiger partial charge is 0.126 e. The Balaban J connectivity index is 0.000000165. The first-order chi connectivity index (χ1) is 9.70. The Kier molecular flexibility index (Phi) is 3.29. The molecule has 2 nitrogen and oxygen atoms in total. The molecular weight excluding hydrogens is 260 g/mol. The van der Waals surface area contributed by atoms with Crippen molar-refractivity contribution in [2.45, 2.75) is 6.42 Å². The summed E-state index contributed by atoms with van der Waals surface area (Å²) in [7, 11) is 0. The van der Waals surface area contributed by atoms with Crippen LogP contribution in [0.15, 0.2) is 59.3 Å². The molecule has 0 unspecified atom stereocenters. The second-order valence-corrected chi connectivity index (χ2v) is 4.52. The summed E-state index contributed by atoms with van der Waals surface area (Å²) in [4.78, 5) is 0. The van der Waals surface area contributed by atoms with E-state index in [0.29, 0.717) is 17.7 Å². The topological polar surface area (TPSA) is 26.0 Å². The van der Waals surface area contributed by atoms with Crippen molar-refractivity contribution >= 4 is 0 Å². The molecule has 1 heterocycles. The Hall–Kier alpha value is -2.49. The van der Waals surface area contributed by atoms with Gasteiger partial charge in [-0.2, -0.15) is 0 Å². The number of nitrogens with zero attached hydrogens (tertiary/aromatic N) is 1. The largest absolute Gasteiger partial charge is 0.365 e. The van der Waals surface area contributed by atoms with Gasteiger partial charge >= 0.3 is 0 Å². The first kappa shape index (κ1) is 12.5. The van der Waals surface area contributed by atoms with Crippen LogP contribution in [0.25, 0.3) is 11.1 Å². The number of fused-ring (bicyclic) bond motifs is 1. The second-order valence-electron chi connectivity index (χ2n) is 4.52. The third-order valence-corrected chi connectivity index (χ3v) is 3.02. The fourth-order valence-corrected chi connectivity index (χ4v) is 1.91. The van der Waals surface area contributed by atoms with Crippen LogP contribution in [0.4, 0.5) is 8.78 Å². The van der Waals surface area contributed by atoms with Crippen molar-refractivity contribution in [2.24, 2.45) is 0 Å². The van der Waals surface area contributed by atoms with Gasteiger partial charge in [0.1, 0.15) is 17.9 Å². The molecular formula is C16H11F2NO. The summed E-state index contributed by atoms with van der Waals surface area (Å²) in [6.07, 6.45) is 1.79. The van der Waals surface area contributed by atoms with Crippen LogP contribution in [0.5, 0.6) is 0 Å². The monoisotopic (exact) mass is 271 g/mol. The quantitative estimate of drug-likeness (QED) is 0.546. The molecule has 20 heavy (non-hydrogen) atoms. The van der Waals surface area contributed by atoms with Crippen LogP contribution in [0.2, 0.25) is 0 Å². The number of halogens is 2. The highest BCUT2D eigenvalue weighted by Gasteiger charge is 2.04. The lowest BCUT2D eigenvalue weighted by Gasteiger charge is -2.10.